The van der Waals surface area contributed by atoms with E-state index in [4.69, 9.17) is 0 Å². The first kappa shape index (κ1) is 18.5. The quantitative estimate of drug-likeness (QED) is 0.521. The monoisotopic (exact) mass is 363 g/mol. The predicted octanol–water partition coefficient (Wildman–Crippen LogP) is 2.78. The summed E-state index contributed by atoms with van der Waals surface area (Å²) >= 11 is 3.03. The largest absolute Gasteiger partial charge is 0.390 e. The molecule has 0 atom stereocenters. The number of nitrogens with zero attached hydrogens (tertiary/aromatic N) is 3. The van der Waals surface area contributed by atoms with Gasteiger partial charge in [-0.15, -0.1) is 24.5 Å². The Labute approximate surface area is 150 Å². The average Bonchev–Trinajstić information content (AvgIpc) is 3.22. The maximum absolute atomic E-state index is 12.3. The standard InChI is InChI=1S/C17H21N3O2S2/c1-3-7-19(8-4-2)16(22)13-24-17-18-10-14(12-21)20(17)11-15-6-5-9-23-15/h3-6,9-10,21H,1-2,7-8,11-13H2. The molecule has 2 heterocycles. The van der Waals surface area contributed by atoms with E-state index in [1.54, 1.807) is 34.6 Å². The molecule has 0 radical (unpaired) electrons. The van der Waals surface area contributed by atoms with Crippen molar-refractivity contribution < 1.29 is 9.90 Å². The molecular weight excluding hydrogens is 342 g/mol. The molecule has 2 aromatic heterocycles. The van der Waals surface area contributed by atoms with Gasteiger partial charge in [-0.2, -0.15) is 0 Å². The highest BCUT2D eigenvalue weighted by molar-refractivity contribution is 7.99. The number of aliphatic hydroxyl groups excluding tert-OH is 1. The molecule has 1 N–H and O–H groups in total. The van der Waals surface area contributed by atoms with Crippen LogP contribution in [0.4, 0.5) is 0 Å². The van der Waals surface area contributed by atoms with Gasteiger partial charge in [-0.25, -0.2) is 4.98 Å². The fourth-order valence-electron chi connectivity index (χ4n) is 2.17. The van der Waals surface area contributed by atoms with Crippen LogP contribution in [0.3, 0.4) is 0 Å². The summed E-state index contributed by atoms with van der Waals surface area (Å²) in [4.78, 5) is 19.5. The van der Waals surface area contributed by atoms with Gasteiger partial charge in [0, 0.05) is 18.0 Å². The van der Waals surface area contributed by atoms with Crippen molar-refractivity contribution in [1.29, 1.82) is 0 Å². The molecule has 5 nitrogen and oxygen atoms in total. The van der Waals surface area contributed by atoms with Crippen LogP contribution in [0.5, 0.6) is 0 Å². The number of aliphatic hydroxyl groups is 1. The third-order valence-corrected chi connectivity index (χ3v) is 5.17. The third-order valence-electron chi connectivity index (χ3n) is 3.33. The molecule has 24 heavy (non-hydrogen) atoms. The molecule has 2 aromatic rings. The molecule has 0 bridgehead atoms. The highest BCUT2D eigenvalue weighted by atomic mass is 32.2. The van der Waals surface area contributed by atoms with Crippen LogP contribution < -0.4 is 0 Å². The summed E-state index contributed by atoms with van der Waals surface area (Å²) in [6, 6.07) is 4.04. The van der Waals surface area contributed by atoms with E-state index in [9.17, 15) is 9.90 Å². The van der Waals surface area contributed by atoms with Crippen LogP contribution in [-0.4, -0.2) is 44.3 Å². The molecule has 0 saturated carbocycles. The first-order valence-electron chi connectivity index (χ1n) is 7.49. The first-order valence-corrected chi connectivity index (χ1v) is 9.36. The molecule has 7 heteroatoms. The van der Waals surface area contributed by atoms with Gasteiger partial charge in [-0.3, -0.25) is 4.79 Å². The van der Waals surface area contributed by atoms with Crippen molar-refractivity contribution in [3.8, 4) is 0 Å². The van der Waals surface area contributed by atoms with Gasteiger partial charge in [0.2, 0.25) is 5.91 Å². The molecule has 0 aliphatic heterocycles. The number of rotatable bonds is 10. The number of hydrogen-bond donors (Lipinski definition) is 1. The SMILES string of the molecule is C=CCN(CC=C)C(=O)CSc1ncc(CO)n1Cc1cccs1. The van der Waals surface area contributed by atoms with Gasteiger partial charge in [0.15, 0.2) is 5.16 Å². The molecule has 1 amide bonds. The number of carbonyl (C=O) groups excluding carboxylic acids is 1. The average molecular weight is 364 g/mol. The minimum atomic E-state index is -0.0774. The van der Waals surface area contributed by atoms with Crippen LogP contribution in [0, 0.1) is 0 Å². The molecule has 128 valence electrons. The van der Waals surface area contributed by atoms with Crippen molar-refractivity contribution in [2.45, 2.75) is 18.3 Å². The molecule has 0 saturated heterocycles. The molecular formula is C17H21N3O2S2. The number of imidazole rings is 1. The Morgan fingerprint density at radius 1 is 1.42 bits per heavy atom. The number of hydrogen-bond acceptors (Lipinski definition) is 5. The first-order chi connectivity index (χ1) is 11.7. The summed E-state index contributed by atoms with van der Waals surface area (Å²) in [6.07, 6.45) is 5.06. The van der Waals surface area contributed by atoms with Crippen LogP contribution in [0.2, 0.25) is 0 Å². The lowest BCUT2D eigenvalue weighted by atomic mass is 10.4. The van der Waals surface area contributed by atoms with Crippen molar-refractivity contribution in [1.82, 2.24) is 14.5 Å². The third kappa shape index (κ3) is 4.83. The lowest BCUT2D eigenvalue weighted by molar-refractivity contribution is -0.127. The number of amides is 1. The Balaban J connectivity index is 2.06. The predicted molar refractivity (Wildman–Crippen MR) is 99.3 cm³/mol. The minimum Gasteiger partial charge on any atom is -0.390 e. The molecule has 0 spiro atoms. The number of thioether (sulfide) groups is 1. The zero-order chi connectivity index (χ0) is 17.4. The van der Waals surface area contributed by atoms with Gasteiger partial charge in [-0.05, 0) is 11.4 Å². The minimum absolute atomic E-state index is 0.0102. The van der Waals surface area contributed by atoms with Crippen LogP contribution in [0.15, 0.2) is 54.2 Å². The van der Waals surface area contributed by atoms with Crippen LogP contribution in [-0.2, 0) is 17.9 Å². The summed E-state index contributed by atoms with van der Waals surface area (Å²) in [5, 5.41) is 12.3. The Kier molecular flexibility index (Phi) is 7.30. The summed E-state index contributed by atoms with van der Waals surface area (Å²) < 4.78 is 1.95. The van der Waals surface area contributed by atoms with E-state index < -0.39 is 0 Å². The highest BCUT2D eigenvalue weighted by Crippen LogP contribution is 2.22. The van der Waals surface area contributed by atoms with E-state index in [1.807, 2.05) is 22.1 Å². The number of carbonyl (C=O) groups is 1. The second kappa shape index (κ2) is 9.46. The fraction of sp³-hybridized carbons (Fsp3) is 0.294. The van der Waals surface area contributed by atoms with Gasteiger partial charge in [0.25, 0.3) is 0 Å². The van der Waals surface area contributed by atoms with E-state index in [2.05, 4.69) is 18.1 Å². The van der Waals surface area contributed by atoms with Crippen LogP contribution >= 0.6 is 23.1 Å². The van der Waals surface area contributed by atoms with Crippen molar-refractivity contribution in [3.63, 3.8) is 0 Å². The van der Waals surface area contributed by atoms with E-state index in [0.717, 1.165) is 10.9 Å². The molecule has 0 aliphatic carbocycles. The zero-order valence-corrected chi connectivity index (χ0v) is 15.1. The Morgan fingerprint density at radius 3 is 2.75 bits per heavy atom. The van der Waals surface area contributed by atoms with E-state index in [0.29, 0.717) is 19.6 Å². The second-order valence-electron chi connectivity index (χ2n) is 5.02. The van der Waals surface area contributed by atoms with Gasteiger partial charge < -0.3 is 14.6 Å². The van der Waals surface area contributed by atoms with Gasteiger partial charge >= 0.3 is 0 Å². The van der Waals surface area contributed by atoms with Crippen molar-refractivity contribution >= 4 is 29.0 Å². The highest BCUT2D eigenvalue weighted by Gasteiger charge is 2.15. The van der Waals surface area contributed by atoms with Crippen molar-refractivity contribution in [2.75, 3.05) is 18.8 Å². The maximum atomic E-state index is 12.3. The summed E-state index contributed by atoms with van der Waals surface area (Å²) in [5.74, 6) is 0.296. The van der Waals surface area contributed by atoms with Gasteiger partial charge in [0.05, 0.1) is 30.8 Å². The number of thiophene rings is 1. The van der Waals surface area contributed by atoms with Gasteiger partial charge in [0.1, 0.15) is 0 Å². The lowest BCUT2D eigenvalue weighted by Gasteiger charge is -2.19. The summed E-state index contributed by atoms with van der Waals surface area (Å²) in [5.41, 5.74) is 0.743. The van der Waals surface area contributed by atoms with E-state index in [-0.39, 0.29) is 18.3 Å². The smallest absolute Gasteiger partial charge is 0.233 e. The Hall–Kier alpha value is -1.83. The maximum Gasteiger partial charge on any atom is 0.233 e. The Bertz CT molecular complexity index is 670. The second-order valence-corrected chi connectivity index (χ2v) is 7.00. The molecule has 0 fully saturated rings. The normalized spacial score (nSPS) is 10.5. The summed E-state index contributed by atoms with van der Waals surface area (Å²) in [7, 11) is 0. The molecule has 0 aromatic carbocycles. The number of aromatic nitrogens is 2. The van der Waals surface area contributed by atoms with E-state index >= 15 is 0 Å². The lowest BCUT2D eigenvalue weighted by Crippen LogP contribution is -2.32. The van der Waals surface area contributed by atoms with Crippen molar-refractivity contribution in [2.24, 2.45) is 0 Å². The van der Waals surface area contributed by atoms with Crippen LogP contribution in [0.1, 0.15) is 10.6 Å². The fourth-order valence-corrected chi connectivity index (χ4v) is 3.76. The molecule has 0 unspecified atom stereocenters. The Morgan fingerprint density at radius 2 is 2.17 bits per heavy atom. The topological polar surface area (TPSA) is 58.4 Å². The van der Waals surface area contributed by atoms with Crippen LogP contribution in [0.25, 0.3) is 0 Å². The van der Waals surface area contributed by atoms with E-state index in [1.165, 1.54) is 16.6 Å². The molecule has 2 rings (SSSR count). The zero-order valence-electron chi connectivity index (χ0n) is 13.4. The van der Waals surface area contributed by atoms with Crippen molar-refractivity contribution in [3.05, 3.63) is 59.6 Å². The molecule has 0 aliphatic rings. The summed E-state index contributed by atoms with van der Waals surface area (Å²) in [6.45, 7) is 8.91. The van der Waals surface area contributed by atoms with Gasteiger partial charge in [-0.1, -0.05) is 30.0 Å².